The van der Waals surface area contributed by atoms with Crippen LogP contribution in [0.2, 0.25) is 0 Å². The molecule has 1 amide bonds. The molecule has 6 heteroatoms. The van der Waals surface area contributed by atoms with Crippen LogP contribution >= 0.6 is 11.8 Å². The molecular formula is C16H20N4OS. The van der Waals surface area contributed by atoms with Crippen LogP contribution in [-0.2, 0) is 0 Å². The van der Waals surface area contributed by atoms with Crippen LogP contribution in [0.15, 0.2) is 36.7 Å². The van der Waals surface area contributed by atoms with E-state index in [4.69, 9.17) is 0 Å². The van der Waals surface area contributed by atoms with Gasteiger partial charge in [0.2, 0.25) is 0 Å². The summed E-state index contributed by atoms with van der Waals surface area (Å²) in [5.41, 5.74) is 0.488. The first-order chi connectivity index (χ1) is 10.6. The van der Waals surface area contributed by atoms with Crippen LogP contribution < -0.4 is 0 Å². The Morgan fingerprint density at radius 2 is 2.23 bits per heavy atom. The summed E-state index contributed by atoms with van der Waals surface area (Å²) in [5.74, 6) is 2.25. The van der Waals surface area contributed by atoms with E-state index in [2.05, 4.69) is 23.9 Å². The number of pyridine rings is 1. The van der Waals surface area contributed by atoms with Crippen LogP contribution in [-0.4, -0.2) is 49.7 Å². The Morgan fingerprint density at radius 3 is 2.95 bits per heavy atom. The summed E-state index contributed by atoms with van der Waals surface area (Å²) in [4.78, 5) is 19.1. The van der Waals surface area contributed by atoms with Gasteiger partial charge in [0.25, 0.3) is 5.91 Å². The summed E-state index contributed by atoms with van der Waals surface area (Å²) >= 11 is 1.96. The zero-order valence-corrected chi connectivity index (χ0v) is 13.7. The van der Waals surface area contributed by atoms with Gasteiger partial charge in [0, 0.05) is 36.5 Å². The lowest BCUT2D eigenvalue weighted by Crippen LogP contribution is -2.43. The summed E-state index contributed by atoms with van der Waals surface area (Å²) in [6.07, 6.45) is 3.52. The van der Waals surface area contributed by atoms with Crippen molar-refractivity contribution in [1.82, 2.24) is 19.7 Å². The molecule has 0 radical (unpaired) electrons. The molecule has 116 valence electrons. The number of rotatable bonds is 3. The monoisotopic (exact) mass is 316 g/mol. The second-order valence-electron chi connectivity index (χ2n) is 5.74. The molecule has 0 aliphatic carbocycles. The number of carbonyl (C=O) groups excluding carboxylic acids is 1. The van der Waals surface area contributed by atoms with Gasteiger partial charge in [-0.15, -0.1) is 0 Å². The van der Waals surface area contributed by atoms with Crippen LogP contribution in [0.5, 0.6) is 0 Å². The number of hydrogen-bond donors (Lipinski definition) is 0. The van der Waals surface area contributed by atoms with Crippen molar-refractivity contribution in [2.45, 2.75) is 19.1 Å². The van der Waals surface area contributed by atoms with Crippen molar-refractivity contribution in [1.29, 1.82) is 0 Å². The Hall–Kier alpha value is -1.82. The molecule has 1 atom stereocenters. The first kappa shape index (κ1) is 15.1. The van der Waals surface area contributed by atoms with Crippen molar-refractivity contribution in [2.24, 2.45) is 5.92 Å². The standard InChI is InChI=1S/C16H20N4OS/c1-12(2)14-11-19(9-10-22-14)16(21)13-5-3-6-15(18-13)20-8-4-7-17-20/h3-8,12,14H,9-11H2,1-2H3/t14-/m1/s1. The number of nitrogens with zero attached hydrogens (tertiary/aromatic N) is 4. The van der Waals surface area contributed by atoms with E-state index in [0.29, 0.717) is 22.7 Å². The summed E-state index contributed by atoms with van der Waals surface area (Å²) in [5, 5.41) is 4.67. The Morgan fingerprint density at radius 1 is 1.36 bits per heavy atom. The number of thioether (sulfide) groups is 1. The highest BCUT2D eigenvalue weighted by molar-refractivity contribution is 8.00. The van der Waals surface area contributed by atoms with E-state index < -0.39 is 0 Å². The molecular weight excluding hydrogens is 296 g/mol. The minimum absolute atomic E-state index is 0.0138. The summed E-state index contributed by atoms with van der Waals surface area (Å²) in [6, 6.07) is 7.33. The molecule has 5 nitrogen and oxygen atoms in total. The molecule has 1 aliphatic rings. The predicted molar refractivity (Wildman–Crippen MR) is 88.3 cm³/mol. The largest absolute Gasteiger partial charge is 0.335 e. The summed E-state index contributed by atoms with van der Waals surface area (Å²) < 4.78 is 1.67. The fourth-order valence-electron chi connectivity index (χ4n) is 2.50. The zero-order valence-electron chi connectivity index (χ0n) is 12.8. The lowest BCUT2D eigenvalue weighted by Gasteiger charge is -2.34. The Kier molecular flexibility index (Phi) is 4.47. The van der Waals surface area contributed by atoms with E-state index in [1.165, 1.54) is 0 Å². The molecule has 1 saturated heterocycles. The third-order valence-corrected chi connectivity index (χ3v) is 5.36. The molecule has 0 N–H and O–H groups in total. The van der Waals surface area contributed by atoms with Crippen molar-refractivity contribution >= 4 is 17.7 Å². The lowest BCUT2D eigenvalue weighted by molar-refractivity contribution is 0.0750. The molecule has 0 bridgehead atoms. The van der Waals surface area contributed by atoms with Gasteiger partial charge in [0.05, 0.1) is 0 Å². The van der Waals surface area contributed by atoms with E-state index >= 15 is 0 Å². The first-order valence-electron chi connectivity index (χ1n) is 7.53. The number of aromatic nitrogens is 3. The molecule has 0 aromatic carbocycles. The average molecular weight is 316 g/mol. The second kappa shape index (κ2) is 6.52. The first-order valence-corrected chi connectivity index (χ1v) is 8.58. The predicted octanol–water partition coefficient (Wildman–Crippen LogP) is 2.48. The maximum Gasteiger partial charge on any atom is 0.272 e. The highest BCUT2D eigenvalue weighted by atomic mass is 32.2. The lowest BCUT2D eigenvalue weighted by atomic mass is 10.1. The van der Waals surface area contributed by atoms with Gasteiger partial charge in [-0.1, -0.05) is 19.9 Å². The van der Waals surface area contributed by atoms with Crippen LogP contribution in [0.1, 0.15) is 24.3 Å². The van der Waals surface area contributed by atoms with Crippen LogP contribution in [0, 0.1) is 5.92 Å². The van der Waals surface area contributed by atoms with Gasteiger partial charge in [-0.3, -0.25) is 4.79 Å². The van der Waals surface area contributed by atoms with Gasteiger partial charge in [-0.05, 0) is 24.1 Å². The molecule has 2 aromatic rings. The van der Waals surface area contributed by atoms with E-state index in [1.807, 2.05) is 41.1 Å². The normalized spacial score (nSPS) is 18.7. The Labute approximate surface area is 134 Å². The van der Waals surface area contributed by atoms with Gasteiger partial charge in [-0.2, -0.15) is 16.9 Å². The molecule has 0 spiro atoms. The van der Waals surface area contributed by atoms with E-state index in [1.54, 1.807) is 16.9 Å². The molecule has 1 aliphatic heterocycles. The summed E-state index contributed by atoms with van der Waals surface area (Å²) in [6.45, 7) is 6.01. The van der Waals surface area contributed by atoms with Crippen molar-refractivity contribution in [3.05, 3.63) is 42.4 Å². The number of amides is 1. The molecule has 0 saturated carbocycles. The van der Waals surface area contributed by atoms with Crippen molar-refractivity contribution in [2.75, 3.05) is 18.8 Å². The maximum atomic E-state index is 12.7. The smallest absolute Gasteiger partial charge is 0.272 e. The molecule has 0 unspecified atom stereocenters. The molecule has 1 fully saturated rings. The van der Waals surface area contributed by atoms with Gasteiger partial charge >= 0.3 is 0 Å². The fraction of sp³-hybridized carbons (Fsp3) is 0.438. The van der Waals surface area contributed by atoms with Crippen molar-refractivity contribution in [3.63, 3.8) is 0 Å². The van der Waals surface area contributed by atoms with Gasteiger partial charge in [0.1, 0.15) is 5.69 Å². The molecule has 2 aromatic heterocycles. The SMILES string of the molecule is CC(C)[C@H]1CN(C(=O)c2cccc(-n3cccn3)n2)CCS1. The average Bonchev–Trinajstić information content (AvgIpc) is 3.09. The topological polar surface area (TPSA) is 51.0 Å². The minimum atomic E-state index is 0.0138. The highest BCUT2D eigenvalue weighted by Crippen LogP contribution is 2.25. The van der Waals surface area contributed by atoms with Crippen LogP contribution in [0.3, 0.4) is 0 Å². The summed E-state index contributed by atoms with van der Waals surface area (Å²) in [7, 11) is 0. The van der Waals surface area contributed by atoms with Crippen molar-refractivity contribution in [3.8, 4) is 5.82 Å². The molecule has 3 heterocycles. The number of hydrogen-bond acceptors (Lipinski definition) is 4. The fourth-order valence-corrected chi connectivity index (χ4v) is 3.80. The number of carbonyl (C=O) groups is 1. The van der Waals surface area contributed by atoms with Gasteiger partial charge in [-0.25, -0.2) is 9.67 Å². The van der Waals surface area contributed by atoms with E-state index in [9.17, 15) is 4.79 Å². The van der Waals surface area contributed by atoms with E-state index in [-0.39, 0.29) is 5.91 Å². The third kappa shape index (κ3) is 3.16. The minimum Gasteiger partial charge on any atom is -0.335 e. The maximum absolute atomic E-state index is 12.7. The van der Waals surface area contributed by atoms with E-state index in [0.717, 1.165) is 18.8 Å². The Bertz CT molecular complexity index is 641. The third-order valence-electron chi connectivity index (χ3n) is 3.82. The zero-order chi connectivity index (χ0) is 15.5. The molecule has 22 heavy (non-hydrogen) atoms. The second-order valence-corrected chi connectivity index (χ2v) is 7.08. The van der Waals surface area contributed by atoms with Gasteiger partial charge < -0.3 is 4.90 Å². The Balaban J connectivity index is 1.79. The highest BCUT2D eigenvalue weighted by Gasteiger charge is 2.27. The van der Waals surface area contributed by atoms with Crippen molar-refractivity contribution < 1.29 is 4.79 Å². The van der Waals surface area contributed by atoms with Crippen LogP contribution in [0.25, 0.3) is 5.82 Å². The quantitative estimate of drug-likeness (QED) is 0.873. The van der Waals surface area contributed by atoms with Crippen LogP contribution in [0.4, 0.5) is 0 Å². The van der Waals surface area contributed by atoms with Gasteiger partial charge in [0.15, 0.2) is 5.82 Å². The molecule has 3 rings (SSSR count).